The SMILES string of the molecule is CC(C)(C)C(NC(=O)Cc1cn(Cc2ccc(F)cc2)c2cc(O)ccc12)C(N)=O. The van der Waals surface area contributed by atoms with Gasteiger partial charge < -0.3 is 20.7 Å². The number of benzene rings is 2. The lowest BCUT2D eigenvalue weighted by Crippen LogP contribution is -2.52. The summed E-state index contributed by atoms with van der Waals surface area (Å²) >= 11 is 0. The van der Waals surface area contributed by atoms with Crippen LogP contribution in [-0.4, -0.2) is 27.5 Å². The fourth-order valence-corrected chi connectivity index (χ4v) is 3.51. The number of carbonyl (C=O) groups is 2. The second-order valence-electron chi connectivity index (χ2n) is 8.56. The molecule has 0 aliphatic rings. The van der Waals surface area contributed by atoms with Crippen LogP contribution >= 0.6 is 0 Å². The average molecular weight is 411 g/mol. The van der Waals surface area contributed by atoms with Crippen molar-refractivity contribution in [2.24, 2.45) is 11.1 Å². The Hall–Kier alpha value is -3.35. The Bertz CT molecular complexity index is 1080. The van der Waals surface area contributed by atoms with Gasteiger partial charge >= 0.3 is 0 Å². The molecule has 1 heterocycles. The number of nitrogens with one attached hydrogen (secondary N) is 1. The Morgan fingerprint density at radius 1 is 1.17 bits per heavy atom. The van der Waals surface area contributed by atoms with E-state index >= 15 is 0 Å². The van der Waals surface area contributed by atoms with Crippen molar-refractivity contribution in [3.8, 4) is 5.75 Å². The third-order valence-corrected chi connectivity index (χ3v) is 5.02. The first-order chi connectivity index (χ1) is 14.0. The fraction of sp³-hybridized carbons (Fsp3) is 0.304. The summed E-state index contributed by atoms with van der Waals surface area (Å²) in [4.78, 5) is 24.4. The number of hydrogen-bond acceptors (Lipinski definition) is 3. The van der Waals surface area contributed by atoms with E-state index in [9.17, 15) is 19.1 Å². The van der Waals surface area contributed by atoms with Crippen molar-refractivity contribution in [3.05, 3.63) is 65.6 Å². The predicted octanol–water partition coefficient (Wildman–Crippen LogP) is 3.09. The Morgan fingerprint density at radius 3 is 2.43 bits per heavy atom. The first-order valence-corrected chi connectivity index (χ1v) is 9.68. The molecule has 0 fully saturated rings. The number of primary amides is 1. The molecule has 7 heteroatoms. The molecule has 1 atom stereocenters. The molecule has 0 aliphatic carbocycles. The molecule has 1 unspecified atom stereocenters. The summed E-state index contributed by atoms with van der Waals surface area (Å²) < 4.78 is 15.1. The molecule has 2 aromatic carbocycles. The van der Waals surface area contributed by atoms with Crippen LogP contribution in [-0.2, 0) is 22.6 Å². The lowest BCUT2D eigenvalue weighted by atomic mass is 9.86. The number of carbonyl (C=O) groups excluding carboxylic acids is 2. The van der Waals surface area contributed by atoms with Gasteiger partial charge in [-0.05, 0) is 40.8 Å². The Balaban J connectivity index is 1.89. The van der Waals surface area contributed by atoms with Crippen molar-refractivity contribution < 1.29 is 19.1 Å². The molecule has 0 aliphatic heterocycles. The minimum atomic E-state index is -0.790. The Kier molecular flexibility index (Phi) is 5.82. The van der Waals surface area contributed by atoms with E-state index in [-0.39, 0.29) is 23.9 Å². The molecule has 0 spiro atoms. The van der Waals surface area contributed by atoms with Crippen molar-refractivity contribution in [3.63, 3.8) is 0 Å². The monoisotopic (exact) mass is 411 g/mol. The summed E-state index contributed by atoms with van der Waals surface area (Å²) in [5.74, 6) is -1.10. The second kappa shape index (κ2) is 8.18. The number of aromatic nitrogens is 1. The van der Waals surface area contributed by atoms with Crippen LogP contribution in [0.5, 0.6) is 5.75 Å². The third-order valence-electron chi connectivity index (χ3n) is 5.02. The van der Waals surface area contributed by atoms with Crippen LogP contribution in [0, 0.1) is 11.2 Å². The number of hydrogen-bond donors (Lipinski definition) is 3. The molecular formula is C23H26FN3O3. The summed E-state index contributed by atoms with van der Waals surface area (Å²) in [5, 5.41) is 13.5. The van der Waals surface area contributed by atoms with Gasteiger partial charge in [0.25, 0.3) is 0 Å². The minimum Gasteiger partial charge on any atom is -0.508 e. The summed E-state index contributed by atoms with van der Waals surface area (Å²) in [6.45, 7) is 5.95. The number of halogens is 1. The first-order valence-electron chi connectivity index (χ1n) is 9.68. The van der Waals surface area contributed by atoms with Crippen LogP contribution < -0.4 is 11.1 Å². The van der Waals surface area contributed by atoms with Gasteiger partial charge in [-0.15, -0.1) is 0 Å². The zero-order chi connectivity index (χ0) is 22.1. The molecule has 0 saturated heterocycles. The Labute approximate surface area is 174 Å². The number of amides is 2. The van der Waals surface area contributed by atoms with Crippen molar-refractivity contribution in [2.45, 2.75) is 39.8 Å². The highest BCUT2D eigenvalue weighted by Gasteiger charge is 2.31. The molecule has 30 heavy (non-hydrogen) atoms. The number of nitrogens with two attached hydrogens (primary N) is 1. The molecule has 2 amide bonds. The number of aromatic hydroxyl groups is 1. The van der Waals surface area contributed by atoms with Crippen LogP contribution in [0.15, 0.2) is 48.7 Å². The van der Waals surface area contributed by atoms with Gasteiger partial charge in [-0.1, -0.05) is 32.9 Å². The zero-order valence-corrected chi connectivity index (χ0v) is 17.3. The highest BCUT2D eigenvalue weighted by molar-refractivity contribution is 5.92. The number of nitrogens with zero attached hydrogens (tertiary/aromatic N) is 1. The van der Waals surface area contributed by atoms with Crippen LogP contribution in [0.2, 0.25) is 0 Å². The van der Waals surface area contributed by atoms with E-state index in [0.29, 0.717) is 6.54 Å². The van der Waals surface area contributed by atoms with E-state index in [1.807, 2.05) is 31.5 Å². The molecule has 158 valence electrons. The molecule has 3 rings (SSSR count). The predicted molar refractivity (Wildman–Crippen MR) is 113 cm³/mol. The van der Waals surface area contributed by atoms with Gasteiger partial charge in [-0.2, -0.15) is 0 Å². The number of rotatable bonds is 6. The van der Waals surface area contributed by atoms with Crippen LogP contribution in [0.1, 0.15) is 31.9 Å². The third kappa shape index (κ3) is 4.79. The molecular weight excluding hydrogens is 385 g/mol. The topological polar surface area (TPSA) is 97.3 Å². The van der Waals surface area contributed by atoms with Crippen LogP contribution in [0.4, 0.5) is 4.39 Å². The van der Waals surface area contributed by atoms with Gasteiger partial charge in [0, 0.05) is 24.2 Å². The molecule has 4 N–H and O–H groups in total. The van der Waals surface area contributed by atoms with Crippen LogP contribution in [0.25, 0.3) is 10.9 Å². The highest BCUT2D eigenvalue weighted by Crippen LogP contribution is 2.27. The van der Waals surface area contributed by atoms with Gasteiger partial charge in [-0.25, -0.2) is 4.39 Å². The summed E-state index contributed by atoms with van der Waals surface area (Å²) in [6, 6.07) is 10.3. The average Bonchev–Trinajstić information content (AvgIpc) is 2.97. The molecule has 1 aromatic heterocycles. The van der Waals surface area contributed by atoms with E-state index in [0.717, 1.165) is 22.0 Å². The number of phenolic OH excluding ortho intramolecular Hbond substituents is 1. The first kappa shape index (κ1) is 21.4. The van der Waals surface area contributed by atoms with Gasteiger partial charge in [-0.3, -0.25) is 9.59 Å². The highest BCUT2D eigenvalue weighted by atomic mass is 19.1. The van der Waals surface area contributed by atoms with E-state index < -0.39 is 17.4 Å². The van der Waals surface area contributed by atoms with Gasteiger partial charge in [0.15, 0.2) is 0 Å². The minimum absolute atomic E-state index is 0.0531. The lowest BCUT2D eigenvalue weighted by Gasteiger charge is -2.28. The molecule has 6 nitrogen and oxygen atoms in total. The largest absolute Gasteiger partial charge is 0.508 e. The maximum atomic E-state index is 13.2. The zero-order valence-electron chi connectivity index (χ0n) is 17.3. The van der Waals surface area contributed by atoms with E-state index in [2.05, 4.69) is 5.32 Å². The fourth-order valence-electron chi connectivity index (χ4n) is 3.51. The van der Waals surface area contributed by atoms with Gasteiger partial charge in [0.1, 0.15) is 17.6 Å². The molecule has 0 saturated carbocycles. The van der Waals surface area contributed by atoms with E-state index in [4.69, 9.17) is 5.73 Å². The van der Waals surface area contributed by atoms with E-state index in [1.54, 1.807) is 30.3 Å². The Morgan fingerprint density at radius 2 is 1.83 bits per heavy atom. The lowest BCUT2D eigenvalue weighted by molar-refractivity contribution is -0.129. The molecule has 3 aromatic rings. The standard InChI is InChI=1S/C23H26FN3O3/c1-23(2,3)21(22(25)30)26-20(29)10-15-13-27(12-14-4-6-16(24)7-5-14)19-11-17(28)8-9-18(15)19/h4-9,11,13,21,28H,10,12H2,1-3H3,(H2,25,30)(H,26,29). The summed E-state index contributed by atoms with van der Waals surface area (Å²) in [6.07, 6.45) is 1.89. The maximum Gasteiger partial charge on any atom is 0.240 e. The van der Waals surface area contributed by atoms with Crippen molar-refractivity contribution in [1.82, 2.24) is 9.88 Å². The smallest absolute Gasteiger partial charge is 0.240 e. The van der Waals surface area contributed by atoms with Crippen molar-refractivity contribution in [1.29, 1.82) is 0 Å². The number of fused-ring (bicyclic) bond motifs is 1. The summed E-state index contributed by atoms with van der Waals surface area (Å²) in [5.41, 5.74) is 7.34. The number of phenols is 1. The normalized spacial score (nSPS) is 12.7. The quantitative estimate of drug-likeness (QED) is 0.581. The molecule has 0 bridgehead atoms. The molecule has 0 radical (unpaired) electrons. The van der Waals surface area contributed by atoms with E-state index in [1.165, 1.54) is 12.1 Å². The maximum absolute atomic E-state index is 13.2. The van der Waals surface area contributed by atoms with Crippen molar-refractivity contribution in [2.75, 3.05) is 0 Å². The van der Waals surface area contributed by atoms with Crippen LogP contribution in [0.3, 0.4) is 0 Å². The van der Waals surface area contributed by atoms with Crippen molar-refractivity contribution >= 4 is 22.7 Å². The van der Waals surface area contributed by atoms with Gasteiger partial charge in [0.2, 0.25) is 11.8 Å². The summed E-state index contributed by atoms with van der Waals surface area (Å²) in [7, 11) is 0. The second-order valence-corrected chi connectivity index (χ2v) is 8.56. The van der Waals surface area contributed by atoms with Gasteiger partial charge in [0.05, 0.1) is 11.9 Å².